The maximum absolute atomic E-state index is 13.2. The first-order valence-corrected chi connectivity index (χ1v) is 13.6. The summed E-state index contributed by atoms with van der Waals surface area (Å²) in [6.07, 6.45) is 8.77. The molecule has 3 aliphatic rings. The molecule has 2 saturated heterocycles. The Morgan fingerprint density at radius 2 is 2.03 bits per heavy atom. The van der Waals surface area contributed by atoms with Gasteiger partial charge in [-0.25, -0.2) is 4.98 Å². The molecule has 0 radical (unpaired) electrons. The number of pyridine rings is 1. The van der Waals surface area contributed by atoms with E-state index in [4.69, 9.17) is 16.3 Å². The number of anilines is 1. The van der Waals surface area contributed by atoms with Crippen LogP contribution in [0.1, 0.15) is 44.1 Å². The van der Waals surface area contributed by atoms with Crippen LogP contribution in [0.3, 0.4) is 0 Å². The number of nitrogens with one attached hydrogen (secondary N) is 2. The van der Waals surface area contributed by atoms with Gasteiger partial charge in [0.25, 0.3) is 0 Å². The number of carbonyl (C=O) groups excluding carboxylic acids is 1. The van der Waals surface area contributed by atoms with Crippen molar-refractivity contribution in [2.24, 2.45) is 0 Å². The van der Waals surface area contributed by atoms with Gasteiger partial charge in [-0.1, -0.05) is 23.7 Å². The molecule has 36 heavy (non-hydrogen) atoms. The van der Waals surface area contributed by atoms with E-state index in [-0.39, 0.29) is 11.9 Å². The van der Waals surface area contributed by atoms with E-state index in [0.29, 0.717) is 31.7 Å². The monoisotopic (exact) mass is 507 g/mol. The van der Waals surface area contributed by atoms with Gasteiger partial charge < -0.3 is 19.9 Å². The van der Waals surface area contributed by atoms with E-state index in [1.807, 2.05) is 29.3 Å². The van der Waals surface area contributed by atoms with Crippen LogP contribution < -0.4 is 10.2 Å². The highest BCUT2D eigenvalue weighted by Gasteiger charge is 2.30. The molecule has 3 aromatic rings. The number of rotatable bonds is 7. The van der Waals surface area contributed by atoms with Crippen molar-refractivity contribution in [1.82, 2.24) is 20.2 Å². The van der Waals surface area contributed by atoms with Gasteiger partial charge >= 0.3 is 0 Å². The first kappa shape index (κ1) is 23.9. The number of amides is 1. The molecule has 1 aromatic carbocycles. The summed E-state index contributed by atoms with van der Waals surface area (Å²) in [5, 5.41) is 5.14. The average molecular weight is 508 g/mol. The molecule has 0 bridgehead atoms. The minimum Gasteiger partial charge on any atom is -0.377 e. The number of ether oxygens (including phenoxy) is 1. The zero-order chi connectivity index (χ0) is 24.6. The number of piperidine rings is 1. The summed E-state index contributed by atoms with van der Waals surface area (Å²) in [7, 11) is 0. The van der Waals surface area contributed by atoms with Gasteiger partial charge in [0.15, 0.2) is 0 Å². The lowest BCUT2D eigenvalue weighted by molar-refractivity contribution is -0.122. The Bertz CT molecular complexity index is 1250. The van der Waals surface area contributed by atoms with Crippen molar-refractivity contribution in [2.45, 2.75) is 50.7 Å². The number of hydrogen-bond donors (Lipinski definition) is 2. The van der Waals surface area contributed by atoms with Crippen molar-refractivity contribution in [3.05, 3.63) is 47.2 Å². The van der Waals surface area contributed by atoms with Crippen LogP contribution >= 0.6 is 11.6 Å². The molecule has 3 fully saturated rings. The van der Waals surface area contributed by atoms with Crippen molar-refractivity contribution in [1.29, 1.82) is 0 Å². The summed E-state index contributed by atoms with van der Waals surface area (Å²) < 4.78 is 6.14. The second-order valence-electron chi connectivity index (χ2n) is 10.4. The van der Waals surface area contributed by atoms with E-state index in [1.54, 1.807) is 0 Å². The third-order valence-corrected chi connectivity index (χ3v) is 8.28. The number of halogens is 1. The van der Waals surface area contributed by atoms with Gasteiger partial charge in [-0.3, -0.25) is 9.69 Å². The quantitative estimate of drug-likeness (QED) is 0.490. The largest absolute Gasteiger partial charge is 0.377 e. The minimum atomic E-state index is 0.119. The fourth-order valence-corrected chi connectivity index (χ4v) is 5.88. The van der Waals surface area contributed by atoms with E-state index >= 15 is 0 Å². The number of H-pyrrole nitrogens is 1. The Morgan fingerprint density at radius 3 is 2.81 bits per heavy atom. The van der Waals surface area contributed by atoms with Crippen LogP contribution in [0.25, 0.3) is 22.2 Å². The first-order valence-electron chi connectivity index (χ1n) is 13.2. The van der Waals surface area contributed by atoms with Crippen molar-refractivity contribution in [2.75, 3.05) is 44.2 Å². The number of benzene rings is 1. The molecule has 2 aromatic heterocycles. The highest BCUT2D eigenvalue weighted by Crippen LogP contribution is 2.46. The molecule has 2 aliphatic heterocycles. The summed E-state index contributed by atoms with van der Waals surface area (Å²) in [6, 6.07) is 8.33. The lowest BCUT2D eigenvalue weighted by Gasteiger charge is -2.38. The lowest BCUT2D eigenvalue weighted by atomic mass is 10.0. The Hall–Kier alpha value is -2.45. The SMILES string of the molecule is CC(COC1CCNCC1)N1CCN(c2cccc(-c3cnc4[nH]cc(C5CC5)c4c3Cl)c2)C(=O)C1. The summed E-state index contributed by atoms with van der Waals surface area (Å²) in [5.41, 5.74) is 4.90. The second kappa shape index (κ2) is 10.1. The molecule has 1 saturated carbocycles. The molecular formula is C28H34ClN5O2. The van der Waals surface area contributed by atoms with Gasteiger partial charge in [-0.15, -0.1) is 0 Å². The Balaban J connectivity index is 1.15. The molecule has 2 N–H and O–H groups in total. The molecule has 1 atom stereocenters. The third-order valence-electron chi connectivity index (χ3n) is 7.89. The van der Waals surface area contributed by atoms with Crippen LogP contribution in [0.5, 0.6) is 0 Å². The van der Waals surface area contributed by atoms with Gasteiger partial charge in [0.2, 0.25) is 5.91 Å². The molecule has 0 spiro atoms. The van der Waals surface area contributed by atoms with E-state index in [1.165, 1.54) is 18.4 Å². The van der Waals surface area contributed by atoms with Crippen molar-refractivity contribution >= 4 is 34.2 Å². The summed E-state index contributed by atoms with van der Waals surface area (Å²) in [5.74, 6) is 0.703. The van der Waals surface area contributed by atoms with Crippen LogP contribution in [-0.4, -0.2) is 72.3 Å². The predicted molar refractivity (Wildman–Crippen MR) is 144 cm³/mol. The number of aromatic amines is 1. The predicted octanol–water partition coefficient (Wildman–Crippen LogP) is 4.57. The highest BCUT2D eigenvalue weighted by molar-refractivity contribution is 6.38. The van der Waals surface area contributed by atoms with Crippen LogP contribution in [0.2, 0.25) is 5.02 Å². The molecule has 6 rings (SSSR count). The number of nitrogens with zero attached hydrogens (tertiary/aromatic N) is 3. The van der Waals surface area contributed by atoms with Gasteiger partial charge in [0, 0.05) is 48.2 Å². The van der Waals surface area contributed by atoms with Crippen LogP contribution in [0.4, 0.5) is 5.69 Å². The number of piperazine rings is 1. The molecular weight excluding hydrogens is 474 g/mol. The van der Waals surface area contributed by atoms with E-state index in [2.05, 4.69) is 39.4 Å². The van der Waals surface area contributed by atoms with Crippen molar-refractivity contribution in [3.8, 4) is 11.1 Å². The van der Waals surface area contributed by atoms with Crippen LogP contribution in [0, 0.1) is 0 Å². The molecule has 1 amide bonds. The molecule has 8 heteroatoms. The molecule has 1 unspecified atom stereocenters. The third kappa shape index (κ3) is 4.77. The first-order chi connectivity index (χ1) is 17.6. The van der Waals surface area contributed by atoms with Gasteiger partial charge in [0.05, 0.1) is 24.3 Å². The maximum atomic E-state index is 13.2. The smallest absolute Gasteiger partial charge is 0.241 e. The normalized spacial score (nSPS) is 20.8. The lowest BCUT2D eigenvalue weighted by Crippen LogP contribution is -2.54. The minimum absolute atomic E-state index is 0.119. The summed E-state index contributed by atoms with van der Waals surface area (Å²) in [4.78, 5) is 25.2. The van der Waals surface area contributed by atoms with E-state index in [0.717, 1.165) is 65.3 Å². The zero-order valence-electron chi connectivity index (χ0n) is 20.8. The highest BCUT2D eigenvalue weighted by atomic mass is 35.5. The fourth-order valence-electron chi connectivity index (χ4n) is 5.52. The van der Waals surface area contributed by atoms with E-state index in [9.17, 15) is 4.79 Å². The number of fused-ring (bicyclic) bond motifs is 1. The van der Waals surface area contributed by atoms with Crippen LogP contribution in [0.15, 0.2) is 36.7 Å². The Labute approximate surface area is 217 Å². The van der Waals surface area contributed by atoms with Gasteiger partial charge in [-0.2, -0.15) is 0 Å². The Morgan fingerprint density at radius 1 is 1.19 bits per heavy atom. The maximum Gasteiger partial charge on any atom is 0.241 e. The second-order valence-corrected chi connectivity index (χ2v) is 10.8. The molecule has 4 heterocycles. The number of hydrogen-bond acceptors (Lipinski definition) is 5. The molecule has 7 nitrogen and oxygen atoms in total. The van der Waals surface area contributed by atoms with Gasteiger partial charge in [-0.05, 0) is 74.9 Å². The standard InChI is InChI=1S/C28H34ClN5O2/c1-18(17-36-22-7-9-30-10-8-22)33-11-12-34(25(35)16-33)21-4-2-3-20(13-21)24-15-32-28-26(27(24)29)23(14-31-28)19-5-6-19/h2-4,13-15,18-19,22,30H,5-12,16-17H2,1H3,(H,31,32). The van der Waals surface area contributed by atoms with Crippen LogP contribution in [-0.2, 0) is 9.53 Å². The number of aromatic nitrogens is 2. The van der Waals surface area contributed by atoms with E-state index < -0.39 is 0 Å². The molecule has 1 aliphatic carbocycles. The number of carbonyl (C=O) groups is 1. The summed E-state index contributed by atoms with van der Waals surface area (Å²) >= 11 is 6.94. The zero-order valence-corrected chi connectivity index (χ0v) is 21.6. The summed E-state index contributed by atoms with van der Waals surface area (Å²) in [6.45, 7) is 6.78. The Kier molecular flexibility index (Phi) is 6.73. The topological polar surface area (TPSA) is 73.5 Å². The average Bonchev–Trinajstić information content (AvgIpc) is 3.66. The van der Waals surface area contributed by atoms with Crippen molar-refractivity contribution in [3.63, 3.8) is 0 Å². The molecule has 190 valence electrons. The van der Waals surface area contributed by atoms with Crippen molar-refractivity contribution < 1.29 is 9.53 Å². The van der Waals surface area contributed by atoms with Gasteiger partial charge in [0.1, 0.15) is 5.65 Å². The fraction of sp³-hybridized carbons (Fsp3) is 0.500.